The van der Waals surface area contributed by atoms with Crippen LogP contribution in [0.15, 0.2) is 12.4 Å². The van der Waals surface area contributed by atoms with Crippen LogP contribution >= 0.6 is 24.0 Å². The van der Waals surface area contributed by atoms with Crippen molar-refractivity contribution in [3.05, 3.63) is 12.4 Å². The van der Waals surface area contributed by atoms with Crippen LogP contribution in [0.25, 0.3) is 0 Å². The Morgan fingerprint density at radius 1 is 1.24 bits per heavy atom. The second kappa shape index (κ2) is 5.90. The molecule has 2 unspecified atom stereocenters. The summed E-state index contributed by atoms with van der Waals surface area (Å²) < 4.78 is 5.61. The van der Waals surface area contributed by atoms with E-state index in [1.807, 2.05) is 43.1 Å². The fourth-order valence-electron chi connectivity index (χ4n) is 2.17. The van der Waals surface area contributed by atoms with Crippen molar-refractivity contribution in [1.82, 2.24) is 14.7 Å². The molecule has 6 heteroatoms. The smallest absolute Gasteiger partial charge is 0.325 e. The van der Waals surface area contributed by atoms with Crippen LogP contribution in [-0.2, 0) is 4.74 Å². The van der Waals surface area contributed by atoms with Gasteiger partial charge in [0.1, 0.15) is 0 Å². The van der Waals surface area contributed by atoms with Crippen molar-refractivity contribution >= 4 is 30.0 Å². The van der Waals surface area contributed by atoms with Gasteiger partial charge in [0.2, 0.25) is 0 Å². The fraction of sp³-hybridized carbons (Fsp3) is 0.727. The van der Waals surface area contributed by atoms with Crippen molar-refractivity contribution in [3.8, 4) is 0 Å². The Bertz CT molecular complexity index is 301. The molecule has 5 nitrogen and oxygen atoms in total. The average Bonchev–Trinajstić information content (AvgIpc) is 2.62. The monoisotopic (exact) mass is 353 g/mol. The molecule has 0 aromatic carbocycles. The summed E-state index contributed by atoms with van der Waals surface area (Å²) in [4.78, 5) is 17.7. The molecule has 2 rings (SSSR count). The van der Waals surface area contributed by atoms with Crippen molar-refractivity contribution < 1.29 is 9.53 Å². The predicted octanol–water partition coefficient (Wildman–Crippen LogP) is 1.51. The van der Waals surface area contributed by atoms with Gasteiger partial charge in [0.05, 0.1) is 18.9 Å². The van der Waals surface area contributed by atoms with Gasteiger partial charge in [-0.25, -0.2) is 4.79 Å². The van der Waals surface area contributed by atoms with E-state index in [2.05, 4.69) is 0 Å². The Hall–Kier alpha value is -0.500. The highest BCUT2D eigenvalue weighted by atomic mass is 127. The highest BCUT2D eigenvalue weighted by molar-refractivity contribution is 14.0. The van der Waals surface area contributed by atoms with E-state index in [0.717, 1.165) is 0 Å². The number of carbonyl (C=O) groups is 1. The largest absolute Gasteiger partial charge is 0.372 e. The zero-order valence-corrected chi connectivity index (χ0v) is 12.8. The second-order valence-electron chi connectivity index (χ2n) is 4.61. The maximum Gasteiger partial charge on any atom is 0.325 e. The molecule has 0 saturated carbocycles. The minimum Gasteiger partial charge on any atom is -0.372 e. The molecule has 0 radical (unpaired) electrons. The third-order valence-electron chi connectivity index (χ3n) is 2.81. The van der Waals surface area contributed by atoms with E-state index in [1.54, 1.807) is 4.90 Å². The van der Waals surface area contributed by atoms with Gasteiger partial charge in [0.25, 0.3) is 0 Å². The summed E-state index contributed by atoms with van der Waals surface area (Å²) in [5, 5.41) is 0. The summed E-state index contributed by atoms with van der Waals surface area (Å²) in [6.07, 6.45) is 3.98. The molecule has 1 fully saturated rings. The Morgan fingerprint density at radius 2 is 1.82 bits per heavy atom. The number of carbonyl (C=O) groups excluding carboxylic acids is 1. The van der Waals surface area contributed by atoms with Gasteiger partial charge in [0.15, 0.2) is 0 Å². The molecule has 2 heterocycles. The van der Waals surface area contributed by atoms with Gasteiger partial charge in [-0.05, 0) is 13.8 Å². The van der Waals surface area contributed by atoms with Crippen LogP contribution in [0, 0.1) is 0 Å². The molecule has 2 atom stereocenters. The van der Waals surface area contributed by atoms with Crippen LogP contribution in [-0.4, -0.2) is 59.7 Å². The van der Waals surface area contributed by atoms with Crippen LogP contribution in [0.5, 0.6) is 0 Å². The van der Waals surface area contributed by atoms with Crippen molar-refractivity contribution in [2.75, 3.05) is 26.8 Å². The molecule has 98 valence electrons. The predicted molar refractivity (Wildman–Crippen MR) is 76.0 cm³/mol. The molecular formula is C11H20IN3O2. The highest BCUT2D eigenvalue weighted by Crippen LogP contribution is 2.14. The van der Waals surface area contributed by atoms with E-state index in [-0.39, 0.29) is 42.2 Å². The molecule has 0 aromatic rings. The molecule has 0 N–H and O–H groups in total. The minimum atomic E-state index is 0. The zero-order chi connectivity index (χ0) is 11.7. The molecule has 2 aliphatic rings. The summed E-state index contributed by atoms with van der Waals surface area (Å²) in [7, 11) is 1.95. The Morgan fingerprint density at radius 3 is 2.29 bits per heavy atom. The Labute approximate surface area is 119 Å². The lowest BCUT2D eigenvalue weighted by Crippen LogP contribution is -2.51. The van der Waals surface area contributed by atoms with Crippen LogP contribution in [0.3, 0.4) is 0 Å². The number of urea groups is 1. The Kier molecular flexibility index (Phi) is 5.05. The first-order chi connectivity index (χ1) is 7.56. The quantitative estimate of drug-likeness (QED) is 0.620. The van der Waals surface area contributed by atoms with Gasteiger partial charge < -0.3 is 14.5 Å². The fourth-order valence-corrected chi connectivity index (χ4v) is 2.17. The van der Waals surface area contributed by atoms with E-state index in [4.69, 9.17) is 4.74 Å². The van der Waals surface area contributed by atoms with Gasteiger partial charge in [0, 0.05) is 32.5 Å². The number of rotatable bonds is 0. The van der Waals surface area contributed by atoms with E-state index in [1.165, 1.54) is 0 Å². The SMILES string of the molecule is CC1CN(C(=O)N2C=CN(C)C2)CC(C)O1.I. The second-order valence-corrected chi connectivity index (χ2v) is 4.61. The number of hydrogen-bond acceptors (Lipinski definition) is 3. The zero-order valence-electron chi connectivity index (χ0n) is 10.5. The number of halogens is 1. The van der Waals surface area contributed by atoms with Gasteiger partial charge >= 0.3 is 6.03 Å². The van der Waals surface area contributed by atoms with Crippen molar-refractivity contribution in [3.63, 3.8) is 0 Å². The lowest BCUT2D eigenvalue weighted by Gasteiger charge is -2.36. The minimum absolute atomic E-state index is 0. The summed E-state index contributed by atoms with van der Waals surface area (Å²) in [6, 6.07) is 0.0719. The maximum absolute atomic E-state index is 12.2. The van der Waals surface area contributed by atoms with Gasteiger partial charge in [-0.1, -0.05) is 0 Å². The standard InChI is InChI=1S/C11H19N3O2.HI/c1-9-6-14(7-10(2)16-9)11(15)13-5-4-12(3)8-13;/h4-5,9-10H,6-8H2,1-3H3;1H. The van der Waals surface area contributed by atoms with Crippen LogP contribution in [0.4, 0.5) is 4.79 Å². The van der Waals surface area contributed by atoms with Crippen LogP contribution in [0.1, 0.15) is 13.8 Å². The number of ether oxygens (including phenoxy) is 1. The van der Waals surface area contributed by atoms with Gasteiger partial charge in [-0.2, -0.15) is 0 Å². The maximum atomic E-state index is 12.2. The van der Waals surface area contributed by atoms with E-state index in [9.17, 15) is 4.79 Å². The van der Waals surface area contributed by atoms with Crippen molar-refractivity contribution in [2.24, 2.45) is 0 Å². The molecule has 0 aliphatic carbocycles. The molecule has 2 aliphatic heterocycles. The molecular weight excluding hydrogens is 333 g/mol. The number of nitrogens with zero attached hydrogens (tertiary/aromatic N) is 3. The molecule has 2 amide bonds. The topological polar surface area (TPSA) is 36.0 Å². The first-order valence-corrected chi connectivity index (χ1v) is 5.66. The first kappa shape index (κ1) is 14.6. The van der Waals surface area contributed by atoms with E-state index < -0.39 is 0 Å². The van der Waals surface area contributed by atoms with Crippen molar-refractivity contribution in [1.29, 1.82) is 0 Å². The molecule has 0 spiro atoms. The molecule has 0 aromatic heterocycles. The van der Waals surface area contributed by atoms with Gasteiger partial charge in [-0.3, -0.25) is 4.90 Å². The van der Waals surface area contributed by atoms with Crippen LogP contribution < -0.4 is 0 Å². The average molecular weight is 353 g/mol. The molecule has 1 saturated heterocycles. The summed E-state index contributed by atoms with van der Waals surface area (Å²) >= 11 is 0. The summed E-state index contributed by atoms with van der Waals surface area (Å²) in [5.41, 5.74) is 0. The highest BCUT2D eigenvalue weighted by Gasteiger charge is 2.29. The van der Waals surface area contributed by atoms with E-state index >= 15 is 0 Å². The van der Waals surface area contributed by atoms with Crippen molar-refractivity contribution in [2.45, 2.75) is 26.1 Å². The number of amides is 2. The normalized spacial score (nSPS) is 28.3. The Balaban J connectivity index is 0.00000144. The lowest BCUT2D eigenvalue weighted by molar-refractivity contribution is -0.0573. The molecule has 17 heavy (non-hydrogen) atoms. The number of hydrogen-bond donors (Lipinski definition) is 0. The lowest BCUT2D eigenvalue weighted by atomic mass is 10.2. The van der Waals surface area contributed by atoms with Gasteiger partial charge in [-0.15, -0.1) is 24.0 Å². The van der Waals surface area contributed by atoms with Crippen LogP contribution in [0.2, 0.25) is 0 Å². The third kappa shape index (κ3) is 3.48. The third-order valence-corrected chi connectivity index (χ3v) is 2.81. The first-order valence-electron chi connectivity index (χ1n) is 5.66. The summed E-state index contributed by atoms with van der Waals surface area (Å²) in [6.45, 7) is 6.00. The molecule has 0 bridgehead atoms. The summed E-state index contributed by atoms with van der Waals surface area (Å²) in [5.74, 6) is 0. The van der Waals surface area contributed by atoms with E-state index in [0.29, 0.717) is 19.8 Å². The number of morpholine rings is 1.